The summed E-state index contributed by atoms with van der Waals surface area (Å²) in [5.41, 5.74) is -0.172. The van der Waals surface area contributed by atoms with Crippen LogP contribution in [0.5, 0.6) is 0 Å². The lowest BCUT2D eigenvalue weighted by Gasteiger charge is -2.15. The number of carbonyl (C=O) groups excluding carboxylic acids is 2. The largest absolute Gasteiger partial charge is 0.390 e. The fourth-order valence-corrected chi connectivity index (χ4v) is 3.74. The van der Waals surface area contributed by atoms with E-state index in [1.165, 1.54) is 24.3 Å². The third-order valence-electron chi connectivity index (χ3n) is 5.54. The molecule has 1 fully saturated rings. The number of hydrogen-bond donors (Lipinski definition) is 5. The number of nitrogens with one attached hydrogen (secondary N) is 5. The number of alkyl halides is 3. The van der Waals surface area contributed by atoms with Crippen molar-refractivity contribution in [2.75, 3.05) is 43.5 Å². The number of carbonyl (C=O) groups is 2. The zero-order valence-electron chi connectivity index (χ0n) is 20.1. The Kier molecular flexibility index (Phi) is 10.5. The molecule has 14 heteroatoms. The van der Waals surface area contributed by atoms with Crippen LogP contribution in [0.3, 0.4) is 0 Å². The van der Waals surface area contributed by atoms with E-state index in [9.17, 15) is 31.5 Å². The molecule has 1 aliphatic heterocycles. The SMILES string of the molecule is O=C(NCc1ccc(C(=O)Nc2ccc(Cl)cc2NCCNCCC(F)(F)F)c(F)c1F)N[C@@H]1CCOC1. The van der Waals surface area contributed by atoms with Gasteiger partial charge in [-0.25, -0.2) is 13.6 Å². The predicted octanol–water partition coefficient (Wildman–Crippen LogP) is 4.41. The first kappa shape index (κ1) is 29.4. The van der Waals surface area contributed by atoms with Crippen LogP contribution in [0.15, 0.2) is 30.3 Å². The topological polar surface area (TPSA) is 104 Å². The van der Waals surface area contributed by atoms with Crippen molar-refractivity contribution in [2.24, 2.45) is 0 Å². The molecule has 0 aromatic heterocycles. The third kappa shape index (κ3) is 8.99. The van der Waals surface area contributed by atoms with Crippen molar-refractivity contribution in [2.45, 2.75) is 31.6 Å². The van der Waals surface area contributed by atoms with E-state index < -0.39 is 41.7 Å². The smallest absolute Gasteiger partial charge is 0.382 e. The summed E-state index contributed by atoms with van der Waals surface area (Å²) in [6.45, 7) is 0.756. The van der Waals surface area contributed by atoms with E-state index in [2.05, 4.69) is 26.6 Å². The fraction of sp³-hybridized carbons (Fsp3) is 0.417. The number of ether oxygens (including phenoxy) is 1. The first-order chi connectivity index (χ1) is 18.0. The summed E-state index contributed by atoms with van der Waals surface area (Å²) in [6, 6.07) is 5.97. The molecule has 2 aromatic rings. The zero-order chi connectivity index (χ0) is 27.7. The molecule has 38 heavy (non-hydrogen) atoms. The number of hydrogen-bond acceptors (Lipinski definition) is 5. The number of benzene rings is 2. The van der Waals surface area contributed by atoms with E-state index in [1.807, 2.05) is 0 Å². The van der Waals surface area contributed by atoms with Crippen molar-refractivity contribution in [1.82, 2.24) is 16.0 Å². The van der Waals surface area contributed by atoms with Gasteiger partial charge in [0.05, 0.1) is 36.0 Å². The lowest BCUT2D eigenvalue weighted by molar-refractivity contribution is -0.133. The molecule has 0 spiro atoms. The summed E-state index contributed by atoms with van der Waals surface area (Å²) < 4.78 is 71.2. The van der Waals surface area contributed by atoms with Gasteiger partial charge in [0, 0.05) is 43.4 Å². The molecule has 0 bridgehead atoms. The maximum Gasteiger partial charge on any atom is 0.390 e. The Balaban J connectivity index is 1.57. The Hall–Kier alpha value is -3.16. The van der Waals surface area contributed by atoms with Gasteiger partial charge in [-0.05, 0) is 30.7 Å². The van der Waals surface area contributed by atoms with Crippen molar-refractivity contribution in [3.05, 3.63) is 58.1 Å². The van der Waals surface area contributed by atoms with E-state index >= 15 is 0 Å². The molecule has 5 N–H and O–H groups in total. The van der Waals surface area contributed by atoms with Gasteiger partial charge >= 0.3 is 12.2 Å². The molecule has 3 rings (SSSR count). The van der Waals surface area contributed by atoms with Crippen LogP contribution in [0, 0.1) is 11.6 Å². The summed E-state index contributed by atoms with van der Waals surface area (Å²) in [4.78, 5) is 24.7. The van der Waals surface area contributed by atoms with Crippen molar-refractivity contribution >= 4 is 34.9 Å². The van der Waals surface area contributed by atoms with Gasteiger partial charge in [-0.3, -0.25) is 4.79 Å². The molecule has 208 valence electrons. The van der Waals surface area contributed by atoms with Gasteiger partial charge in [-0.15, -0.1) is 0 Å². The minimum absolute atomic E-state index is 0.149. The Morgan fingerprint density at radius 1 is 1.03 bits per heavy atom. The number of anilines is 2. The van der Waals surface area contributed by atoms with Gasteiger partial charge in [0.25, 0.3) is 5.91 Å². The first-order valence-electron chi connectivity index (χ1n) is 11.7. The van der Waals surface area contributed by atoms with Crippen LogP contribution >= 0.6 is 11.6 Å². The second-order valence-corrected chi connectivity index (χ2v) is 8.91. The molecular formula is C24H27ClF5N5O3. The highest BCUT2D eigenvalue weighted by molar-refractivity contribution is 6.31. The van der Waals surface area contributed by atoms with Crippen LogP contribution in [-0.4, -0.2) is 57.0 Å². The second kappa shape index (κ2) is 13.6. The zero-order valence-corrected chi connectivity index (χ0v) is 20.9. The fourth-order valence-electron chi connectivity index (χ4n) is 3.56. The number of halogens is 6. The van der Waals surface area contributed by atoms with Crippen molar-refractivity contribution < 1.29 is 36.3 Å². The molecule has 1 heterocycles. The van der Waals surface area contributed by atoms with Gasteiger partial charge in [0.15, 0.2) is 11.6 Å². The van der Waals surface area contributed by atoms with Crippen LogP contribution in [-0.2, 0) is 11.3 Å². The van der Waals surface area contributed by atoms with Crippen molar-refractivity contribution in [3.8, 4) is 0 Å². The van der Waals surface area contributed by atoms with Crippen LogP contribution in [0.1, 0.15) is 28.8 Å². The first-order valence-corrected chi connectivity index (χ1v) is 12.1. The number of amides is 3. The van der Waals surface area contributed by atoms with Crippen LogP contribution in [0.2, 0.25) is 5.02 Å². The minimum Gasteiger partial charge on any atom is -0.382 e. The standard InChI is InChI=1S/C24H27ClF5N5O3/c25-15-2-4-18(19(11-15)32-9-8-31-7-6-24(28,29)30)35-22(36)17-3-1-14(20(26)21(17)27)12-33-23(37)34-16-5-10-38-13-16/h1-4,11,16,31-32H,5-10,12-13H2,(H,35,36)(H2,33,34,37)/t16-/m1/s1. The molecule has 0 radical (unpaired) electrons. The molecule has 0 unspecified atom stereocenters. The Morgan fingerprint density at radius 3 is 2.53 bits per heavy atom. The monoisotopic (exact) mass is 563 g/mol. The number of urea groups is 1. The van der Waals surface area contributed by atoms with Crippen LogP contribution in [0.4, 0.5) is 38.1 Å². The second-order valence-electron chi connectivity index (χ2n) is 8.47. The summed E-state index contributed by atoms with van der Waals surface area (Å²) in [7, 11) is 0. The van der Waals surface area contributed by atoms with E-state index in [0.717, 1.165) is 6.07 Å². The predicted molar refractivity (Wildman–Crippen MR) is 132 cm³/mol. The van der Waals surface area contributed by atoms with Gasteiger partial charge in [0.2, 0.25) is 0 Å². The van der Waals surface area contributed by atoms with Gasteiger partial charge in [-0.1, -0.05) is 17.7 Å². The molecule has 1 atom stereocenters. The number of rotatable bonds is 11. The molecule has 1 saturated heterocycles. The normalized spacial score (nSPS) is 15.3. The van der Waals surface area contributed by atoms with E-state index in [4.69, 9.17) is 16.3 Å². The minimum atomic E-state index is -4.26. The average Bonchev–Trinajstić information content (AvgIpc) is 3.36. The molecular weight excluding hydrogens is 537 g/mol. The summed E-state index contributed by atoms with van der Waals surface area (Å²) >= 11 is 6.00. The maximum atomic E-state index is 14.7. The van der Waals surface area contributed by atoms with Gasteiger partial charge in [0.1, 0.15) is 0 Å². The Labute approximate surface area is 220 Å². The van der Waals surface area contributed by atoms with Crippen molar-refractivity contribution in [3.63, 3.8) is 0 Å². The third-order valence-corrected chi connectivity index (χ3v) is 5.78. The molecule has 8 nitrogen and oxygen atoms in total. The summed E-state index contributed by atoms with van der Waals surface area (Å²) in [5.74, 6) is -3.60. The Bertz CT molecular complexity index is 1130. The highest BCUT2D eigenvalue weighted by atomic mass is 35.5. The van der Waals surface area contributed by atoms with Crippen LogP contribution < -0.4 is 26.6 Å². The maximum absolute atomic E-state index is 14.7. The molecule has 2 aromatic carbocycles. The van der Waals surface area contributed by atoms with Gasteiger partial charge < -0.3 is 31.3 Å². The molecule has 3 amide bonds. The van der Waals surface area contributed by atoms with E-state index in [-0.39, 0.29) is 43.5 Å². The lowest BCUT2D eigenvalue weighted by Crippen LogP contribution is -2.42. The molecule has 0 saturated carbocycles. The quantitative estimate of drug-likeness (QED) is 0.206. The van der Waals surface area contributed by atoms with Crippen molar-refractivity contribution in [1.29, 1.82) is 0 Å². The Morgan fingerprint density at radius 2 is 1.82 bits per heavy atom. The van der Waals surface area contributed by atoms with Gasteiger partial charge in [-0.2, -0.15) is 13.2 Å². The lowest BCUT2D eigenvalue weighted by atomic mass is 10.1. The summed E-state index contributed by atoms with van der Waals surface area (Å²) in [6.07, 6.45) is -4.57. The van der Waals surface area contributed by atoms with E-state index in [1.54, 1.807) is 0 Å². The highest BCUT2D eigenvalue weighted by Gasteiger charge is 2.26. The van der Waals surface area contributed by atoms with Crippen LogP contribution in [0.25, 0.3) is 0 Å². The molecule has 0 aliphatic carbocycles. The molecule has 1 aliphatic rings. The highest BCUT2D eigenvalue weighted by Crippen LogP contribution is 2.27. The van der Waals surface area contributed by atoms with E-state index in [0.29, 0.717) is 30.3 Å². The summed E-state index contributed by atoms with van der Waals surface area (Å²) in [5, 5.41) is 13.5. The average molecular weight is 564 g/mol.